The summed E-state index contributed by atoms with van der Waals surface area (Å²) < 4.78 is 21.9. The summed E-state index contributed by atoms with van der Waals surface area (Å²) in [7, 11) is 0. The Morgan fingerprint density at radius 1 is 0.769 bits per heavy atom. The highest BCUT2D eigenvalue weighted by Crippen LogP contribution is 2.30. The molecule has 0 heterocycles. The zero-order valence-electron chi connectivity index (χ0n) is 25.0. The quantitative estimate of drug-likeness (QED) is 0.247. The Morgan fingerprint density at radius 2 is 1.26 bits per heavy atom. The van der Waals surface area contributed by atoms with Gasteiger partial charge in [-0.3, -0.25) is 19.2 Å². The smallest absolute Gasteiger partial charge is 0.323 e. The number of carbonyl (C=O) groups is 4. The van der Waals surface area contributed by atoms with Crippen LogP contribution >= 0.6 is 0 Å². The van der Waals surface area contributed by atoms with Crippen LogP contribution in [0.25, 0.3) is 0 Å². The highest BCUT2D eigenvalue weighted by atomic mass is 16.6. The van der Waals surface area contributed by atoms with Gasteiger partial charge in [-0.25, -0.2) is 0 Å². The number of benzene rings is 1. The number of ether oxygens (including phenoxy) is 4. The maximum Gasteiger partial charge on any atom is 0.323 e. The number of nitrogens with two attached hydrogens (primary N) is 1. The van der Waals surface area contributed by atoms with Gasteiger partial charge in [0.2, 0.25) is 0 Å². The van der Waals surface area contributed by atoms with Crippen molar-refractivity contribution in [2.75, 3.05) is 0 Å². The van der Waals surface area contributed by atoms with Crippen molar-refractivity contribution < 1.29 is 38.1 Å². The number of esters is 4. The lowest BCUT2D eigenvalue weighted by atomic mass is 9.97. The van der Waals surface area contributed by atoms with Gasteiger partial charge in [-0.15, -0.1) is 0 Å². The molecule has 0 fully saturated rings. The Morgan fingerprint density at radius 3 is 1.74 bits per heavy atom. The van der Waals surface area contributed by atoms with E-state index in [9.17, 15) is 19.2 Å². The molecular formula is C30H47NO8. The zero-order valence-corrected chi connectivity index (χ0v) is 25.0. The maximum atomic E-state index is 12.7. The molecule has 0 bridgehead atoms. The highest BCUT2D eigenvalue weighted by Gasteiger charge is 2.29. The van der Waals surface area contributed by atoms with Crippen LogP contribution in [0, 0.1) is 17.3 Å². The normalized spacial score (nSPS) is 13.9. The first-order chi connectivity index (χ1) is 18.0. The van der Waals surface area contributed by atoms with Crippen LogP contribution in [0.1, 0.15) is 93.6 Å². The van der Waals surface area contributed by atoms with Crippen LogP contribution in [-0.4, -0.2) is 42.1 Å². The molecule has 0 aliphatic heterocycles. The molecule has 9 heteroatoms. The van der Waals surface area contributed by atoms with E-state index >= 15 is 0 Å². The third-order valence-corrected chi connectivity index (χ3v) is 5.93. The lowest BCUT2D eigenvalue weighted by Crippen LogP contribution is -2.40. The zero-order chi connectivity index (χ0) is 29.9. The van der Waals surface area contributed by atoms with Crippen LogP contribution in [0.4, 0.5) is 0 Å². The molecule has 220 valence electrons. The Hall–Kier alpha value is -2.94. The largest absolute Gasteiger partial charge is 0.458 e. The molecule has 3 atom stereocenters. The number of hydrogen-bond acceptors (Lipinski definition) is 9. The van der Waals surface area contributed by atoms with Crippen LogP contribution in [-0.2, 0) is 35.1 Å². The van der Waals surface area contributed by atoms with Crippen molar-refractivity contribution in [2.24, 2.45) is 23.0 Å². The average molecular weight is 550 g/mol. The van der Waals surface area contributed by atoms with Crippen molar-refractivity contribution >= 4 is 23.9 Å². The molecule has 2 N–H and O–H groups in total. The van der Waals surface area contributed by atoms with Crippen molar-refractivity contribution in [1.29, 1.82) is 0 Å². The molecule has 0 aliphatic rings. The molecular weight excluding hydrogens is 502 g/mol. The van der Waals surface area contributed by atoms with Crippen LogP contribution < -0.4 is 15.2 Å². The predicted octanol–water partition coefficient (Wildman–Crippen LogP) is 5.15. The fraction of sp³-hybridized carbons (Fsp3) is 0.667. The van der Waals surface area contributed by atoms with E-state index in [4.69, 9.17) is 24.7 Å². The topological polar surface area (TPSA) is 131 Å². The van der Waals surface area contributed by atoms with Crippen LogP contribution in [0.15, 0.2) is 18.2 Å². The standard InChI is InChI=1S/C30H47NO8/c1-18(2)10-14-26(32)38-24-13-12-22(17-25(24)39-27(33)15-11-19(3)4)16-23(31)28(34)36-20(5)21(6)37-29(35)30(7,8)9/h12-13,17-21,23H,10-11,14-16,31H2,1-9H3/t20-,21?,23-/m0/s1. The third kappa shape index (κ3) is 13.1. The lowest BCUT2D eigenvalue weighted by Gasteiger charge is -2.25. The van der Waals surface area contributed by atoms with E-state index in [1.807, 2.05) is 27.7 Å². The van der Waals surface area contributed by atoms with Crippen molar-refractivity contribution in [3.63, 3.8) is 0 Å². The van der Waals surface area contributed by atoms with Gasteiger partial charge in [0.15, 0.2) is 11.5 Å². The summed E-state index contributed by atoms with van der Waals surface area (Å²) in [6, 6.07) is 3.70. The summed E-state index contributed by atoms with van der Waals surface area (Å²) in [5, 5.41) is 0. The van der Waals surface area contributed by atoms with Crippen LogP contribution in [0.5, 0.6) is 11.5 Å². The lowest BCUT2D eigenvalue weighted by molar-refractivity contribution is -0.171. The summed E-state index contributed by atoms with van der Waals surface area (Å²) in [6.45, 7) is 16.5. The fourth-order valence-electron chi connectivity index (χ4n) is 3.15. The van der Waals surface area contributed by atoms with Crippen molar-refractivity contribution in [3.8, 4) is 11.5 Å². The number of rotatable bonds is 14. The first-order valence-corrected chi connectivity index (χ1v) is 13.7. The molecule has 0 saturated heterocycles. The second kappa shape index (κ2) is 15.6. The Labute approximate surface area is 233 Å². The van der Waals surface area contributed by atoms with Crippen LogP contribution in [0.2, 0.25) is 0 Å². The van der Waals surface area contributed by atoms with Gasteiger partial charge in [0, 0.05) is 12.8 Å². The van der Waals surface area contributed by atoms with Crippen molar-refractivity contribution in [2.45, 2.75) is 113 Å². The Balaban J connectivity index is 2.95. The van der Waals surface area contributed by atoms with E-state index < -0.39 is 47.5 Å². The second-order valence-corrected chi connectivity index (χ2v) is 11.9. The predicted molar refractivity (Wildman–Crippen MR) is 148 cm³/mol. The van der Waals surface area contributed by atoms with Gasteiger partial charge >= 0.3 is 23.9 Å². The molecule has 0 aromatic heterocycles. The minimum atomic E-state index is -1.03. The van der Waals surface area contributed by atoms with Gasteiger partial charge in [-0.1, -0.05) is 33.8 Å². The summed E-state index contributed by atoms with van der Waals surface area (Å²) in [5.74, 6) is -1.05. The second-order valence-electron chi connectivity index (χ2n) is 11.9. The molecule has 0 spiro atoms. The first kappa shape index (κ1) is 34.1. The Kier molecular flexibility index (Phi) is 13.6. The summed E-state index contributed by atoms with van der Waals surface area (Å²) in [6.07, 6.45) is 0.488. The van der Waals surface area contributed by atoms with Gasteiger partial charge < -0.3 is 24.7 Å². The third-order valence-electron chi connectivity index (χ3n) is 5.93. The van der Waals surface area contributed by atoms with E-state index in [-0.39, 0.29) is 30.8 Å². The van der Waals surface area contributed by atoms with Gasteiger partial charge in [0.05, 0.1) is 5.41 Å². The molecule has 0 saturated carbocycles. The van der Waals surface area contributed by atoms with Gasteiger partial charge in [-0.2, -0.15) is 0 Å². The molecule has 39 heavy (non-hydrogen) atoms. The summed E-state index contributed by atoms with van der Waals surface area (Å²) in [4.78, 5) is 49.5. The van der Waals surface area contributed by atoms with Gasteiger partial charge in [0.1, 0.15) is 18.2 Å². The molecule has 1 unspecified atom stereocenters. The first-order valence-electron chi connectivity index (χ1n) is 13.7. The molecule has 1 aromatic rings. The maximum absolute atomic E-state index is 12.7. The van der Waals surface area contributed by atoms with E-state index in [0.717, 1.165) is 0 Å². The van der Waals surface area contributed by atoms with E-state index in [1.54, 1.807) is 46.8 Å². The van der Waals surface area contributed by atoms with Crippen molar-refractivity contribution in [3.05, 3.63) is 23.8 Å². The van der Waals surface area contributed by atoms with Gasteiger partial charge in [0.25, 0.3) is 0 Å². The number of carbonyl (C=O) groups excluding carboxylic acids is 4. The number of hydrogen-bond donors (Lipinski definition) is 1. The van der Waals surface area contributed by atoms with E-state index in [2.05, 4.69) is 0 Å². The fourth-order valence-corrected chi connectivity index (χ4v) is 3.15. The molecule has 0 aliphatic carbocycles. The van der Waals surface area contributed by atoms with E-state index in [1.165, 1.54) is 6.07 Å². The molecule has 0 radical (unpaired) electrons. The molecule has 1 rings (SSSR count). The molecule has 0 amide bonds. The SMILES string of the molecule is CC(C)CCC(=O)Oc1ccc(C[C@H](N)C(=O)O[C@@H](C)C(C)OC(=O)C(C)(C)C)cc1OC(=O)CCC(C)C. The highest BCUT2D eigenvalue weighted by molar-refractivity contribution is 5.78. The minimum absolute atomic E-state index is 0.0832. The van der Waals surface area contributed by atoms with Crippen molar-refractivity contribution in [1.82, 2.24) is 0 Å². The Bertz CT molecular complexity index is 980. The molecule has 9 nitrogen and oxygen atoms in total. The summed E-state index contributed by atoms with van der Waals surface area (Å²) >= 11 is 0. The monoisotopic (exact) mass is 549 g/mol. The minimum Gasteiger partial charge on any atom is -0.458 e. The van der Waals surface area contributed by atoms with E-state index in [0.29, 0.717) is 30.2 Å². The van der Waals surface area contributed by atoms with Crippen LogP contribution in [0.3, 0.4) is 0 Å². The summed E-state index contributed by atoms with van der Waals surface area (Å²) in [5.41, 5.74) is 6.02. The average Bonchev–Trinajstić information content (AvgIpc) is 2.82. The van der Waals surface area contributed by atoms with Gasteiger partial charge in [-0.05, 0) is 83.4 Å². The molecule has 1 aromatic carbocycles.